The molecule has 1 atom stereocenters. The average molecular weight is 307 g/mol. The van der Waals surface area contributed by atoms with Crippen LogP contribution in [0.3, 0.4) is 0 Å². The lowest BCUT2D eigenvalue weighted by Gasteiger charge is -2.28. The van der Waals surface area contributed by atoms with Gasteiger partial charge in [0.25, 0.3) is 0 Å². The van der Waals surface area contributed by atoms with Crippen LogP contribution in [0.4, 0.5) is 4.39 Å². The van der Waals surface area contributed by atoms with Crippen molar-refractivity contribution < 1.29 is 14.2 Å². The monoisotopic (exact) mass is 307 g/mol. The Bertz CT molecular complexity index is 484. The summed E-state index contributed by atoms with van der Waals surface area (Å²) in [4.78, 5) is 2.25. The number of rotatable bonds is 7. The normalized spacial score (nSPS) is 16.9. The molecule has 0 aromatic heterocycles. The Morgan fingerprint density at radius 1 is 1.23 bits per heavy atom. The molecular weight excluding hydrogens is 281 g/mol. The zero-order valence-electron chi connectivity index (χ0n) is 13.5. The van der Waals surface area contributed by atoms with E-state index >= 15 is 0 Å². The van der Waals surface area contributed by atoms with Crippen LogP contribution in [0.2, 0.25) is 0 Å². The molecule has 0 fully saturated rings. The fraction of sp³-hybridized carbons (Fsp3) is 0.556. The van der Waals surface area contributed by atoms with E-state index in [1.54, 1.807) is 12.1 Å². The maximum Gasteiger partial charge on any atom is 0.123 e. The van der Waals surface area contributed by atoms with Gasteiger partial charge in [0.05, 0.1) is 19.3 Å². The van der Waals surface area contributed by atoms with Gasteiger partial charge >= 0.3 is 0 Å². The van der Waals surface area contributed by atoms with Crippen LogP contribution in [-0.4, -0.2) is 42.9 Å². The molecule has 0 bridgehead atoms. The lowest BCUT2D eigenvalue weighted by molar-refractivity contribution is 0.102. The highest BCUT2D eigenvalue weighted by atomic mass is 19.1. The lowest BCUT2D eigenvalue weighted by atomic mass is 10.1. The van der Waals surface area contributed by atoms with E-state index in [1.165, 1.54) is 17.7 Å². The fourth-order valence-electron chi connectivity index (χ4n) is 2.76. The number of nitrogens with zero attached hydrogens (tertiary/aromatic N) is 1. The van der Waals surface area contributed by atoms with Crippen LogP contribution in [0.5, 0.6) is 0 Å². The number of benzene rings is 1. The van der Waals surface area contributed by atoms with Crippen LogP contribution in [-0.2, 0) is 4.74 Å². The van der Waals surface area contributed by atoms with Crippen molar-refractivity contribution in [3.05, 3.63) is 47.3 Å². The van der Waals surface area contributed by atoms with E-state index in [-0.39, 0.29) is 5.82 Å². The van der Waals surface area contributed by atoms with Crippen molar-refractivity contribution in [3.8, 4) is 0 Å². The number of ether oxygens (including phenoxy) is 1. The van der Waals surface area contributed by atoms with Gasteiger partial charge in [0, 0.05) is 19.6 Å². The summed E-state index contributed by atoms with van der Waals surface area (Å²) in [6.07, 6.45) is 2.59. The molecule has 1 aliphatic rings. The second kappa shape index (κ2) is 8.42. The number of hydrogen-bond donors (Lipinski definition) is 1. The van der Waals surface area contributed by atoms with E-state index in [1.807, 2.05) is 0 Å². The number of aliphatic hydroxyl groups is 1. The van der Waals surface area contributed by atoms with Crippen molar-refractivity contribution in [1.82, 2.24) is 4.90 Å². The van der Waals surface area contributed by atoms with Crippen molar-refractivity contribution in [1.29, 1.82) is 0 Å². The third-order valence-corrected chi connectivity index (χ3v) is 3.72. The van der Waals surface area contributed by atoms with E-state index < -0.39 is 6.10 Å². The van der Waals surface area contributed by atoms with Gasteiger partial charge < -0.3 is 9.84 Å². The number of hydrogen-bond acceptors (Lipinski definition) is 3. The van der Waals surface area contributed by atoms with Crippen LogP contribution in [0.25, 0.3) is 0 Å². The molecule has 122 valence electrons. The SMILES string of the molecule is CC(C)CN(CC1=CCCOC1)CC(O)c1ccc(F)cc1. The zero-order chi connectivity index (χ0) is 15.9. The van der Waals surface area contributed by atoms with Crippen LogP contribution in [0.1, 0.15) is 31.9 Å². The Labute approximate surface area is 132 Å². The first-order valence-electron chi connectivity index (χ1n) is 7.96. The van der Waals surface area contributed by atoms with Crippen LogP contribution < -0.4 is 0 Å². The summed E-state index contributed by atoms with van der Waals surface area (Å²) in [6.45, 7) is 8.09. The first-order valence-corrected chi connectivity index (χ1v) is 7.96. The van der Waals surface area contributed by atoms with Crippen LogP contribution >= 0.6 is 0 Å². The zero-order valence-corrected chi connectivity index (χ0v) is 13.5. The summed E-state index contributed by atoms with van der Waals surface area (Å²) in [5.74, 6) is 0.241. The van der Waals surface area contributed by atoms with Gasteiger partial charge in [-0.05, 0) is 35.6 Å². The Hall–Kier alpha value is -1.23. The predicted octanol–water partition coefficient (Wildman–Crippen LogP) is 3.16. The molecule has 22 heavy (non-hydrogen) atoms. The molecule has 4 heteroatoms. The minimum absolute atomic E-state index is 0.278. The van der Waals surface area contributed by atoms with E-state index in [0.29, 0.717) is 19.1 Å². The molecule has 1 aromatic carbocycles. The first-order chi connectivity index (χ1) is 10.5. The smallest absolute Gasteiger partial charge is 0.123 e. The summed E-state index contributed by atoms with van der Waals surface area (Å²) in [7, 11) is 0. The molecule has 0 amide bonds. The van der Waals surface area contributed by atoms with Gasteiger partial charge in [-0.15, -0.1) is 0 Å². The van der Waals surface area contributed by atoms with E-state index in [0.717, 1.165) is 31.7 Å². The quantitative estimate of drug-likeness (QED) is 0.785. The van der Waals surface area contributed by atoms with E-state index in [4.69, 9.17) is 4.74 Å². The van der Waals surface area contributed by atoms with Crippen molar-refractivity contribution >= 4 is 0 Å². The molecule has 0 aliphatic carbocycles. The molecule has 2 rings (SSSR count). The standard InChI is InChI=1S/C18H26FNO2/c1-14(2)10-20(11-15-4-3-9-22-13-15)12-18(21)16-5-7-17(19)8-6-16/h4-8,14,18,21H,3,9-13H2,1-2H3. The van der Waals surface area contributed by atoms with Crippen molar-refractivity contribution in [2.24, 2.45) is 5.92 Å². The molecule has 1 heterocycles. The fourth-order valence-corrected chi connectivity index (χ4v) is 2.76. The molecular formula is C18H26FNO2. The summed E-state index contributed by atoms with van der Waals surface area (Å²) >= 11 is 0. The summed E-state index contributed by atoms with van der Waals surface area (Å²) in [5, 5.41) is 10.4. The third kappa shape index (κ3) is 5.52. The highest BCUT2D eigenvalue weighted by molar-refractivity contribution is 5.19. The van der Waals surface area contributed by atoms with Crippen LogP contribution in [0.15, 0.2) is 35.9 Å². The third-order valence-electron chi connectivity index (χ3n) is 3.72. The molecule has 1 N–H and O–H groups in total. The van der Waals surface area contributed by atoms with Gasteiger partial charge in [-0.2, -0.15) is 0 Å². The Morgan fingerprint density at radius 2 is 1.95 bits per heavy atom. The van der Waals surface area contributed by atoms with Gasteiger partial charge in [0.15, 0.2) is 0 Å². The summed E-state index contributed by atoms with van der Waals surface area (Å²) in [5.41, 5.74) is 2.03. The number of halogens is 1. The molecule has 1 aliphatic heterocycles. The van der Waals surface area contributed by atoms with Gasteiger partial charge in [0.2, 0.25) is 0 Å². The van der Waals surface area contributed by atoms with Gasteiger partial charge in [-0.25, -0.2) is 4.39 Å². The lowest BCUT2D eigenvalue weighted by Crippen LogP contribution is -2.35. The summed E-state index contributed by atoms with van der Waals surface area (Å²) in [6, 6.07) is 6.08. The molecule has 0 radical (unpaired) electrons. The molecule has 0 saturated carbocycles. The maximum atomic E-state index is 13.0. The molecule has 0 saturated heterocycles. The molecule has 1 aromatic rings. The summed E-state index contributed by atoms with van der Waals surface area (Å²) < 4.78 is 18.5. The largest absolute Gasteiger partial charge is 0.387 e. The molecule has 0 spiro atoms. The minimum Gasteiger partial charge on any atom is -0.387 e. The minimum atomic E-state index is -0.607. The average Bonchev–Trinajstić information content (AvgIpc) is 2.48. The Kier molecular flexibility index (Phi) is 6.55. The van der Waals surface area contributed by atoms with Crippen molar-refractivity contribution in [2.75, 3.05) is 32.8 Å². The Balaban J connectivity index is 1.98. The topological polar surface area (TPSA) is 32.7 Å². The van der Waals surface area contributed by atoms with Crippen LogP contribution in [0, 0.1) is 11.7 Å². The number of aliphatic hydroxyl groups excluding tert-OH is 1. The molecule has 3 nitrogen and oxygen atoms in total. The van der Waals surface area contributed by atoms with Crippen molar-refractivity contribution in [2.45, 2.75) is 26.4 Å². The van der Waals surface area contributed by atoms with Crippen molar-refractivity contribution in [3.63, 3.8) is 0 Å². The Morgan fingerprint density at radius 3 is 2.55 bits per heavy atom. The van der Waals surface area contributed by atoms with Gasteiger partial charge in [0.1, 0.15) is 5.82 Å². The first kappa shape index (κ1) is 17.1. The highest BCUT2D eigenvalue weighted by Crippen LogP contribution is 2.17. The second-order valence-corrected chi connectivity index (χ2v) is 6.36. The predicted molar refractivity (Wildman–Crippen MR) is 86.2 cm³/mol. The second-order valence-electron chi connectivity index (χ2n) is 6.36. The highest BCUT2D eigenvalue weighted by Gasteiger charge is 2.17. The van der Waals surface area contributed by atoms with E-state index in [2.05, 4.69) is 24.8 Å². The molecule has 1 unspecified atom stereocenters. The van der Waals surface area contributed by atoms with Gasteiger partial charge in [-0.3, -0.25) is 4.90 Å². The van der Waals surface area contributed by atoms with E-state index in [9.17, 15) is 9.50 Å². The van der Waals surface area contributed by atoms with Gasteiger partial charge in [-0.1, -0.05) is 32.1 Å². The maximum absolute atomic E-state index is 13.0.